The van der Waals surface area contributed by atoms with Gasteiger partial charge in [0.15, 0.2) is 16.8 Å². The Balaban J connectivity index is 1.76. The molecule has 4 rings (SSSR count). The van der Waals surface area contributed by atoms with E-state index in [9.17, 15) is 22.0 Å². The van der Waals surface area contributed by atoms with Crippen molar-refractivity contribution in [1.29, 1.82) is 0 Å². The van der Waals surface area contributed by atoms with Crippen molar-refractivity contribution in [1.82, 2.24) is 24.9 Å². The maximum Gasteiger partial charge on any atom is 0.405 e. The van der Waals surface area contributed by atoms with Crippen molar-refractivity contribution in [2.75, 3.05) is 11.9 Å². The van der Waals surface area contributed by atoms with E-state index in [-0.39, 0.29) is 18.1 Å². The van der Waals surface area contributed by atoms with Gasteiger partial charge < -0.3 is 9.84 Å². The van der Waals surface area contributed by atoms with Crippen molar-refractivity contribution in [2.24, 2.45) is 0 Å². The Hall–Kier alpha value is -3.54. The molecule has 0 aliphatic carbocycles. The summed E-state index contributed by atoms with van der Waals surface area (Å²) in [6.45, 7) is -1.54. The van der Waals surface area contributed by atoms with Crippen LogP contribution in [0.25, 0.3) is 22.9 Å². The molecule has 7 nitrogen and oxygen atoms in total. The second-order valence-corrected chi connectivity index (χ2v) is 6.88. The van der Waals surface area contributed by atoms with Crippen LogP contribution in [0.5, 0.6) is 0 Å². The first-order valence-corrected chi connectivity index (χ1v) is 9.35. The molecule has 0 radical (unpaired) electrons. The molecule has 4 aromatic rings. The Bertz CT molecular complexity index is 1240. The van der Waals surface area contributed by atoms with Gasteiger partial charge in [0, 0.05) is 11.6 Å². The number of nitrogens with one attached hydrogen (secondary N) is 1. The van der Waals surface area contributed by atoms with Crippen LogP contribution in [0, 0.1) is 11.6 Å². The van der Waals surface area contributed by atoms with Gasteiger partial charge in [-0.3, -0.25) is 4.68 Å². The highest BCUT2D eigenvalue weighted by Crippen LogP contribution is 2.28. The van der Waals surface area contributed by atoms with Crippen LogP contribution in [0.15, 0.2) is 47.2 Å². The van der Waals surface area contributed by atoms with Crippen LogP contribution < -0.4 is 5.32 Å². The summed E-state index contributed by atoms with van der Waals surface area (Å²) >= 11 is 5.76. The largest absolute Gasteiger partial charge is 0.405 e. The van der Waals surface area contributed by atoms with Crippen molar-refractivity contribution in [2.45, 2.75) is 12.7 Å². The lowest BCUT2D eigenvalue weighted by atomic mass is 10.2. The first-order valence-electron chi connectivity index (χ1n) is 8.97. The number of anilines is 1. The Labute approximate surface area is 181 Å². The van der Waals surface area contributed by atoms with Gasteiger partial charge in [0.2, 0.25) is 5.82 Å². The molecule has 32 heavy (non-hydrogen) atoms. The van der Waals surface area contributed by atoms with E-state index in [4.69, 9.17) is 16.1 Å². The van der Waals surface area contributed by atoms with Crippen LogP contribution in [0.4, 0.5) is 27.8 Å². The van der Waals surface area contributed by atoms with Gasteiger partial charge in [-0.1, -0.05) is 35.0 Å². The molecule has 0 bridgehead atoms. The SMILES string of the molecule is Fc1ccccc1Cn1nc(-c2nc(Cl)c(F)c(NCC(F)(F)F)n2)cc1-c1ccon1. The van der Waals surface area contributed by atoms with Crippen LogP contribution >= 0.6 is 11.6 Å². The van der Waals surface area contributed by atoms with E-state index in [0.29, 0.717) is 17.0 Å². The number of hydrogen-bond acceptors (Lipinski definition) is 6. The summed E-state index contributed by atoms with van der Waals surface area (Å²) in [6.07, 6.45) is -3.29. The van der Waals surface area contributed by atoms with Gasteiger partial charge in [-0.25, -0.2) is 14.4 Å². The Morgan fingerprint density at radius 2 is 1.84 bits per heavy atom. The Kier molecular flexibility index (Phi) is 5.78. The first kappa shape index (κ1) is 21.7. The number of aromatic nitrogens is 5. The topological polar surface area (TPSA) is 81.7 Å². The molecule has 0 unspecified atom stereocenters. The minimum Gasteiger partial charge on any atom is -0.364 e. The van der Waals surface area contributed by atoms with E-state index in [1.807, 2.05) is 5.32 Å². The van der Waals surface area contributed by atoms with Crippen LogP contribution in [-0.2, 0) is 6.54 Å². The van der Waals surface area contributed by atoms with E-state index in [2.05, 4.69) is 20.2 Å². The number of rotatable bonds is 6. The van der Waals surface area contributed by atoms with Crippen molar-refractivity contribution in [3.05, 3.63) is 65.0 Å². The van der Waals surface area contributed by atoms with E-state index in [1.165, 1.54) is 35.2 Å². The molecule has 1 N–H and O–H groups in total. The molecule has 0 amide bonds. The number of halogens is 6. The second-order valence-electron chi connectivity index (χ2n) is 6.52. The smallest absolute Gasteiger partial charge is 0.364 e. The third-order valence-electron chi connectivity index (χ3n) is 4.25. The lowest BCUT2D eigenvalue weighted by molar-refractivity contribution is -0.115. The lowest BCUT2D eigenvalue weighted by Gasteiger charge is -2.10. The van der Waals surface area contributed by atoms with Crippen molar-refractivity contribution < 1.29 is 26.5 Å². The molecule has 0 fully saturated rings. The average Bonchev–Trinajstić information content (AvgIpc) is 3.40. The minimum absolute atomic E-state index is 0.0109. The number of alkyl halides is 3. The molecule has 0 spiro atoms. The summed E-state index contributed by atoms with van der Waals surface area (Å²) in [5.74, 6) is -2.67. The molecule has 0 aliphatic rings. The van der Waals surface area contributed by atoms with Gasteiger partial charge in [-0.15, -0.1) is 0 Å². The second kappa shape index (κ2) is 8.54. The van der Waals surface area contributed by atoms with Gasteiger partial charge in [-0.05, 0) is 12.1 Å². The summed E-state index contributed by atoms with van der Waals surface area (Å²) in [5.41, 5.74) is 1.10. The maximum atomic E-state index is 14.2. The van der Waals surface area contributed by atoms with Gasteiger partial charge in [0.25, 0.3) is 0 Å². The Morgan fingerprint density at radius 1 is 1.06 bits per heavy atom. The van der Waals surface area contributed by atoms with Crippen molar-refractivity contribution in [3.63, 3.8) is 0 Å². The summed E-state index contributed by atoms with van der Waals surface area (Å²) in [5, 5.41) is 9.30. The zero-order chi connectivity index (χ0) is 22.9. The standard InChI is InChI=1S/C19H12ClF5N6O/c20-16-15(22)18(26-9-19(23,24)25)28-17(27-16)13-7-14(12-5-6-32-30-12)31(29-13)8-10-3-1-2-4-11(10)21/h1-7H,8-9H2,(H,26,27,28). The molecule has 0 aliphatic heterocycles. The zero-order valence-electron chi connectivity index (χ0n) is 15.9. The monoisotopic (exact) mass is 470 g/mol. The summed E-state index contributed by atoms with van der Waals surface area (Å²) in [7, 11) is 0. The third-order valence-corrected chi connectivity index (χ3v) is 4.50. The minimum atomic E-state index is -4.61. The molecule has 0 saturated carbocycles. The predicted octanol–water partition coefficient (Wildman–Crippen LogP) is 4.95. The van der Waals surface area contributed by atoms with Gasteiger partial charge in [-0.2, -0.15) is 22.7 Å². The fourth-order valence-corrected chi connectivity index (χ4v) is 2.99. The van der Waals surface area contributed by atoms with E-state index >= 15 is 0 Å². The fourth-order valence-electron chi connectivity index (χ4n) is 2.82. The summed E-state index contributed by atoms with van der Waals surface area (Å²) < 4.78 is 72.1. The highest BCUT2D eigenvalue weighted by molar-refractivity contribution is 6.29. The van der Waals surface area contributed by atoms with Crippen LogP contribution in [-0.4, -0.2) is 37.6 Å². The molecule has 166 valence electrons. The first-order chi connectivity index (χ1) is 15.2. The number of benzene rings is 1. The van der Waals surface area contributed by atoms with Crippen LogP contribution in [0.3, 0.4) is 0 Å². The predicted molar refractivity (Wildman–Crippen MR) is 104 cm³/mol. The highest BCUT2D eigenvalue weighted by atomic mass is 35.5. The molecular weight excluding hydrogens is 459 g/mol. The van der Waals surface area contributed by atoms with Gasteiger partial charge in [0.1, 0.15) is 30.0 Å². The number of nitrogens with zero attached hydrogens (tertiary/aromatic N) is 5. The molecule has 1 aromatic carbocycles. The molecule has 0 atom stereocenters. The maximum absolute atomic E-state index is 14.2. The lowest BCUT2D eigenvalue weighted by Crippen LogP contribution is -2.22. The zero-order valence-corrected chi connectivity index (χ0v) is 16.6. The van der Waals surface area contributed by atoms with Gasteiger partial charge >= 0.3 is 6.18 Å². The number of hydrogen-bond donors (Lipinski definition) is 1. The van der Waals surface area contributed by atoms with E-state index in [0.717, 1.165) is 0 Å². The Morgan fingerprint density at radius 3 is 2.53 bits per heavy atom. The average molecular weight is 471 g/mol. The molecule has 13 heteroatoms. The van der Waals surface area contributed by atoms with Crippen molar-refractivity contribution >= 4 is 17.4 Å². The summed E-state index contributed by atoms with van der Waals surface area (Å²) in [4.78, 5) is 7.56. The molecular formula is C19H12ClF5N6O. The fraction of sp³-hybridized carbons (Fsp3) is 0.158. The van der Waals surface area contributed by atoms with E-state index in [1.54, 1.807) is 12.1 Å². The normalized spacial score (nSPS) is 11.7. The molecule has 0 saturated heterocycles. The van der Waals surface area contributed by atoms with Crippen molar-refractivity contribution in [3.8, 4) is 22.9 Å². The summed E-state index contributed by atoms with van der Waals surface area (Å²) in [6, 6.07) is 9.03. The van der Waals surface area contributed by atoms with E-state index < -0.39 is 35.3 Å². The van der Waals surface area contributed by atoms with Gasteiger partial charge in [0.05, 0.1) is 12.2 Å². The van der Waals surface area contributed by atoms with Crippen LogP contribution in [0.2, 0.25) is 5.15 Å². The van der Waals surface area contributed by atoms with Crippen LogP contribution in [0.1, 0.15) is 5.56 Å². The molecule has 3 heterocycles. The third kappa shape index (κ3) is 4.69. The quantitative estimate of drug-likeness (QED) is 0.317. The molecule has 3 aromatic heterocycles. The highest BCUT2D eigenvalue weighted by Gasteiger charge is 2.28.